The molecule has 0 aromatic heterocycles. The molecule has 5 heteroatoms. The Bertz CT molecular complexity index is 590. The zero-order valence-electron chi connectivity index (χ0n) is 15.5. The Kier molecular flexibility index (Phi) is 6.10. The fourth-order valence-electron chi connectivity index (χ4n) is 4.11. The maximum Gasteiger partial charge on any atom is 0.228 e. The number of β-amino-alcohol motifs (C(OH)–C–C–N with tert-alkyl or cyclic N) is 1. The van der Waals surface area contributed by atoms with Gasteiger partial charge in [0, 0.05) is 57.4 Å². The van der Waals surface area contributed by atoms with Crippen LogP contribution in [0.15, 0.2) is 24.3 Å². The molecule has 2 atom stereocenters. The van der Waals surface area contributed by atoms with Gasteiger partial charge in [0.25, 0.3) is 0 Å². The first kappa shape index (κ1) is 18.4. The van der Waals surface area contributed by atoms with E-state index in [9.17, 15) is 9.90 Å². The van der Waals surface area contributed by atoms with Gasteiger partial charge in [0.05, 0.1) is 6.10 Å². The smallest absolute Gasteiger partial charge is 0.228 e. The molecule has 0 saturated carbocycles. The third-order valence-electron chi connectivity index (χ3n) is 5.49. The van der Waals surface area contributed by atoms with Crippen LogP contribution >= 0.6 is 0 Å². The summed E-state index contributed by atoms with van der Waals surface area (Å²) in [6.45, 7) is 9.40. The molecule has 25 heavy (non-hydrogen) atoms. The summed E-state index contributed by atoms with van der Waals surface area (Å²) in [4.78, 5) is 19.4. The van der Waals surface area contributed by atoms with Crippen molar-refractivity contribution < 1.29 is 9.90 Å². The van der Waals surface area contributed by atoms with Crippen LogP contribution in [0.2, 0.25) is 0 Å². The number of para-hydroxylation sites is 1. The summed E-state index contributed by atoms with van der Waals surface area (Å²) in [6, 6.07) is 8.71. The number of nitrogens with zero attached hydrogens (tertiary/aromatic N) is 3. The summed E-state index contributed by atoms with van der Waals surface area (Å²) in [5.74, 6) is 0.240. The van der Waals surface area contributed by atoms with Gasteiger partial charge in [0.1, 0.15) is 0 Å². The molecular weight excluding hydrogens is 314 g/mol. The van der Waals surface area contributed by atoms with Gasteiger partial charge in [-0.25, -0.2) is 0 Å². The molecule has 1 amide bonds. The second-order valence-electron chi connectivity index (χ2n) is 7.38. The number of rotatable bonds is 6. The van der Waals surface area contributed by atoms with E-state index < -0.39 is 0 Å². The number of carbonyl (C=O) groups excluding carboxylic acids is 1. The highest BCUT2D eigenvalue weighted by Gasteiger charge is 2.28. The van der Waals surface area contributed by atoms with E-state index in [-0.39, 0.29) is 12.0 Å². The lowest BCUT2D eigenvalue weighted by Crippen LogP contribution is -2.54. The van der Waals surface area contributed by atoms with Crippen molar-refractivity contribution in [1.82, 2.24) is 9.80 Å². The number of aliphatic hydroxyl groups is 1. The van der Waals surface area contributed by atoms with Crippen molar-refractivity contribution in [3.05, 3.63) is 29.8 Å². The SMILES string of the molecule is CC[C@H]1CN(CCC(=O)N2CCc3ccccc32)CCN1C[C@@H](C)O. The van der Waals surface area contributed by atoms with Crippen molar-refractivity contribution >= 4 is 11.6 Å². The van der Waals surface area contributed by atoms with Gasteiger partial charge in [-0.1, -0.05) is 25.1 Å². The number of hydrogen-bond acceptors (Lipinski definition) is 4. The number of fused-ring (bicyclic) bond motifs is 1. The van der Waals surface area contributed by atoms with Gasteiger partial charge in [-0.3, -0.25) is 14.6 Å². The molecule has 3 rings (SSSR count). The minimum Gasteiger partial charge on any atom is -0.392 e. The van der Waals surface area contributed by atoms with Crippen LogP contribution in [0.3, 0.4) is 0 Å². The van der Waals surface area contributed by atoms with Crippen LogP contribution in [0.25, 0.3) is 0 Å². The van der Waals surface area contributed by atoms with Crippen LogP contribution in [-0.2, 0) is 11.2 Å². The van der Waals surface area contributed by atoms with Crippen molar-refractivity contribution in [1.29, 1.82) is 0 Å². The van der Waals surface area contributed by atoms with Crippen molar-refractivity contribution in [3.8, 4) is 0 Å². The molecule has 1 saturated heterocycles. The molecule has 5 nitrogen and oxygen atoms in total. The van der Waals surface area contributed by atoms with E-state index in [1.165, 1.54) is 5.56 Å². The molecular formula is C20H31N3O2. The van der Waals surface area contributed by atoms with E-state index in [1.807, 2.05) is 24.0 Å². The van der Waals surface area contributed by atoms with Crippen LogP contribution in [0.5, 0.6) is 0 Å². The third kappa shape index (κ3) is 4.40. The number of hydrogen-bond donors (Lipinski definition) is 1. The van der Waals surface area contributed by atoms with E-state index in [0.717, 1.165) is 57.8 Å². The predicted molar refractivity (Wildman–Crippen MR) is 101 cm³/mol. The summed E-state index contributed by atoms with van der Waals surface area (Å²) in [5, 5.41) is 9.66. The molecule has 0 spiro atoms. The van der Waals surface area contributed by atoms with Gasteiger partial charge in [-0.15, -0.1) is 0 Å². The molecule has 2 aliphatic heterocycles. The molecule has 138 valence electrons. The fraction of sp³-hybridized carbons (Fsp3) is 0.650. The van der Waals surface area contributed by atoms with Crippen molar-refractivity contribution in [2.24, 2.45) is 0 Å². The Morgan fingerprint density at radius 3 is 2.84 bits per heavy atom. The van der Waals surface area contributed by atoms with Gasteiger partial charge in [-0.2, -0.15) is 0 Å². The maximum absolute atomic E-state index is 12.7. The summed E-state index contributed by atoms with van der Waals surface area (Å²) >= 11 is 0. The molecule has 0 radical (unpaired) electrons. The number of anilines is 1. The van der Waals surface area contributed by atoms with Crippen LogP contribution in [0.1, 0.15) is 32.3 Å². The Balaban J connectivity index is 1.50. The molecule has 1 N–H and O–H groups in total. The second kappa shape index (κ2) is 8.30. The monoisotopic (exact) mass is 345 g/mol. The predicted octanol–water partition coefficient (Wildman–Crippen LogP) is 1.74. The Morgan fingerprint density at radius 1 is 1.28 bits per heavy atom. The third-order valence-corrected chi connectivity index (χ3v) is 5.49. The Hall–Kier alpha value is -1.43. The minimum absolute atomic E-state index is 0.240. The number of benzene rings is 1. The highest BCUT2D eigenvalue weighted by Crippen LogP contribution is 2.28. The Morgan fingerprint density at radius 2 is 2.08 bits per heavy atom. The molecule has 1 aromatic rings. The van der Waals surface area contributed by atoms with E-state index in [4.69, 9.17) is 0 Å². The normalized spacial score (nSPS) is 22.8. The number of amides is 1. The van der Waals surface area contributed by atoms with Crippen molar-refractivity contribution in [2.45, 2.75) is 45.3 Å². The van der Waals surface area contributed by atoms with Crippen LogP contribution in [0.4, 0.5) is 5.69 Å². The second-order valence-corrected chi connectivity index (χ2v) is 7.38. The van der Waals surface area contributed by atoms with Crippen LogP contribution < -0.4 is 4.90 Å². The molecule has 2 heterocycles. The van der Waals surface area contributed by atoms with Crippen molar-refractivity contribution in [3.63, 3.8) is 0 Å². The maximum atomic E-state index is 12.7. The fourth-order valence-corrected chi connectivity index (χ4v) is 4.11. The van der Waals surface area contributed by atoms with E-state index in [1.54, 1.807) is 0 Å². The molecule has 2 aliphatic rings. The summed E-state index contributed by atoms with van der Waals surface area (Å²) < 4.78 is 0. The van der Waals surface area contributed by atoms with Gasteiger partial charge in [0.15, 0.2) is 0 Å². The lowest BCUT2D eigenvalue weighted by Gasteiger charge is -2.41. The Labute approximate surface area is 151 Å². The highest BCUT2D eigenvalue weighted by atomic mass is 16.3. The van der Waals surface area contributed by atoms with E-state index in [0.29, 0.717) is 12.5 Å². The van der Waals surface area contributed by atoms with Gasteiger partial charge < -0.3 is 10.0 Å². The van der Waals surface area contributed by atoms with Crippen LogP contribution in [-0.4, -0.2) is 72.2 Å². The van der Waals surface area contributed by atoms with E-state index >= 15 is 0 Å². The largest absolute Gasteiger partial charge is 0.392 e. The first-order valence-corrected chi connectivity index (χ1v) is 9.61. The summed E-state index contributed by atoms with van der Waals surface area (Å²) in [7, 11) is 0. The van der Waals surface area contributed by atoms with Gasteiger partial charge in [-0.05, 0) is 31.4 Å². The van der Waals surface area contributed by atoms with Gasteiger partial charge >= 0.3 is 0 Å². The average Bonchev–Trinajstić information content (AvgIpc) is 3.04. The van der Waals surface area contributed by atoms with Crippen LogP contribution in [0, 0.1) is 0 Å². The number of carbonyl (C=O) groups is 1. The zero-order valence-corrected chi connectivity index (χ0v) is 15.5. The lowest BCUT2D eigenvalue weighted by atomic mass is 10.1. The molecule has 0 unspecified atom stereocenters. The first-order valence-electron chi connectivity index (χ1n) is 9.61. The molecule has 1 fully saturated rings. The number of piperazine rings is 1. The molecule has 0 bridgehead atoms. The van der Waals surface area contributed by atoms with E-state index in [2.05, 4.69) is 28.9 Å². The molecule has 1 aromatic carbocycles. The quantitative estimate of drug-likeness (QED) is 0.853. The summed E-state index contributed by atoms with van der Waals surface area (Å²) in [5.41, 5.74) is 2.38. The standard InChI is InChI=1S/C20H31N3O2/c1-3-18-15-21(12-13-22(18)14-16(2)24)10-9-20(25)23-11-8-17-6-4-5-7-19(17)23/h4-7,16,18,24H,3,8-15H2,1-2H3/t16-,18+/m1/s1. The molecule has 0 aliphatic carbocycles. The average molecular weight is 345 g/mol. The topological polar surface area (TPSA) is 47.0 Å². The summed E-state index contributed by atoms with van der Waals surface area (Å²) in [6.07, 6.45) is 2.35. The first-order chi connectivity index (χ1) is 12.1. The zero-order chi connectivity index (χ0) is 17.8. The minimum atomic E-state index is -0.280. The van der Waals surface area contributed by atoms with Gasteiger partial charge in [0.2, 0.25) is 5.91 Å². The lowest BCUT2D eigenvalue weighted by molar-refractivity contribution is -0.119. The highest BCUT2D eigenvalue weighted by molar-refractivity contribution is 5.95. The van der Waals surface area contributed by atoms with Crippen molar-refractivity contribution in [2.75, 3.05) is 44.2 Å². The number of aliphatic hydroxyl groups excluding tert-OH is 1.